The average Bonchev–Trinajstić information content (AvgIpc) is 2.70. The molecule has 0 aliphatic heterocycles. The molecule has 0 radical (unpaired) electrons. The van der Waals surface area contributed by atoms with Crippen LogP contribution < -0.4 is 16.6 Å². The first kappa shape index (κ1) is 11.9. The van der Waals surface area contributed by atoms with Crippen LogP contribution in [0.25, 0.3) is 0 Å². The van der Waals surface area contributed by atoms with Gasteiger partial charge in [0.25, 0.3) is 5.56 Å². The van der Waals surface area contributed by atoms with E-state index >= 15 is 0 Å². The maximum atomic E-state index is 11.7. The van der Waals surface area contributed by atoms with E-state index in [1.807, 2.05) is 0 Å². The van der Waals surface area contributed by atoms with E-state index in [4.69, 9.17) is 5.73 Å². The zero-order valence-corrected chi connectivity index (χ0v) is 9.83. The predicted octanol–water partition coefficient (Wildman–Crippen LogP) is -0.197. The molecule has 94 valence electrons. The van der Waals surface area contributed by atoms with Crippen LogP contribution in [0.5, 0.6) is 0 Å². The second-order valence-electron chi connectivity index (χ2n) is 3.82. The van der Waals surface area contributed by atoms with Crippen molar-refractivity contribution in [1.29, 1.82) is 0 Å². The van der Waals surface area contributed by atoms with Crippen LogP contribution in [0.3, 0.4) is 0 Å². The fourth-order valence-corrected chi connectivity index (χ4v) is 1.51. The third-order valence-electron chi connectivity index (χ3n) is 2.41. The second-order valence-corrected chi connectivity index (χ2v) is 3.82. The van der Waals surface area contributed by atoms with Gasteiger partial charge in [-0.3, -0.25) is 14.3 Å². The minimum Gasteiger partial charge on any atom is -0.398 e. The number of nitrogens with zero attached hydrogens (tertiary/aromatic N) is 3. The number of carbonyl (C=O) groups is 1. The highest BCUT2D eigenvalue weighted by molar-refractivity contribution is 5.89. The van der Waals surface area contributed by atoms with E-state index < -0.39 is 0 Å². The summed E-state index contributed by atoms with van der Waals surface area (Å²) in [5.74, 6) is 0.253. The Morgan fingerprint density at radius 1 is 1.44 bits per heavy atom. The number of hydrogen-bond acceptors (Lipinski definition) is 4. The number of amides is 1. The van der Waals surface area contributed by atoms with Crippen molar-refractivity contribution < 1.29 is 4.79 Å². The Morgan fingerprint density at radius 3 is 2.89 bits per heavy atom. The third kappa shape index (κ3) is 2.57. The van der Waals surface area contributed by atoms with Gasteiger partial charge in [0.2, 0.25) is 5.91 Å². The lowest BCUT2D eigenvalue weighted by molar-refractivity contribution is -0.116. The van der Waals surface area contributed by atoms with Gasteiger partial charge >= 0.3 is 0 Å². The molecule has 2 aromatic heterocycles. The molecule has 0 bridgehead atoms. The molecule has 0 aliphatic rings. The Morgan fingerprint density at radius 2 is 2.22 bits per heavy atom. The third-order valence-corrected chi connectivity index (χ3v) is 2.41. The number of nitrogen functional groups attached to an aromatic ring is 1. The first-order valence-corrected chi connectivity index (χ1v) is 5.30. The van der Waals surface area contributed by atoms with Gasteiger partial charge in [0.15, 0.2) is 0 Å². The van der Waals surface area contributed by atoms with Crippen LogP contribution in [0.1, 0.15) is 0 Å². The summed E-state index contributed by atoms with van der Waals surface area (Å²) in [5.41, 5.74) is 5.72. The summed E-state index contributed by atoms with van der Waals surface area (Å²) in [5, 5.41) is 6.57. The largest absolute Gasteiger partial charge is 0.398 e. The van der Waals surface area contributed by atoms with E-state index in [9.17, 15) is 9.59 Å². The smallest absolute Gasteiger partial charge is 0.251 e. The Kier molecular flexibility index (Phi) is 3.13. The molecule has 2 heterocycles. The van der Waals surface area contributed by atoms with Crippen LogP contribution in [0.2, 0.25) is 0 Å². The monoisotopic (exact) mass is 247 g/mol. The van der Waals surface area contributed by atoms with Crippen LogP contribution in [0.15, 0.2) is 35.4 Å². The number of carbonyl (C=O) groups excluding carboxylic acids is 1. The van der Waals surface area contributed by atoms with Crippen LogP contribution in [0.4, 0.5) is 11.5 Å². The fourth-order valence-electron chi connectivity index (χ4n) is 1.51. The highest BCUT2D eigenvalue weighted by Crippen LogP contribution is 2.03. The molecule has 7 nitrogen and oxygen atoms in total. The van der Waals surface area contributed by atoms with Gasteiger partial charge in [-0.25, -0.2) is 0 Å². The zero-order valence-electron chi connectivity index (χ0n) is 9.83. The van der Waals surface area contributed by atoms with Gasteiger partial charge in [0, 0.05) is 31.1 Å². The zero-order chi connectivity index (χ0) is 13.1. The van der Waals surface area contributed by atoms with E-state index in [0.717, 1.165) is 0 Å². The Hall–Kier alpha value is -2.57. The fraction of sp³-hybridized carbons (Fsp3) is 0.182. The summed E-state index contributed by atoms with van der Waals surface area (Å²) in [7, 11) is 1.71. The van der Waals surface area contributed by atoms with Gasteiger partial charge in [-0.05, 0) is 6.07 Å². The van der Waals surface area contributed by atoms with Crippen molar-refractivity contribution in [1.82, 2.24) is 14.3 Å². The number of aryl methyl sites for hydroxylation is 1. The van der Waals surface area contributed by atoms with Crippen molar-refractivity contribution in [2.75, 3.05) is 11.1 Å². The molecule has 7 heteroatoms. The van der Waals surface area contributed by atoms with Crippen LogP contribution >= 0.6 is 0 Å². The lowest BCUT2D eigenvalue weighted by atomic mass is 10.4. The molecule has 0 unspecified atom stereocenters. The number of anilines is 2. The molecule has 2 aromatic rings. The Labute approximate surface area is 103 Å². The number of rotatable bonds is 3. The topological polar surface area (TPSA) is 94.9 Å². The van der Waals surface area contributed by atoms with Crippen LogP contribution in [0, 0.1) is 0 Å². The summed E-state index contributed by atoms with van der Waals surface area (Å²) in [4.78, 5) is 23.2. The van der Waals surface area contributed by atoms with Crippen molar-refractivity contribution in [3.8, 4) is 0 Å². The molecule has 0 aliphatic carbocycles. The van der Waals surface area contributed by atoms with Crippen molar-refractivity contribution in [3.05, 3.63) is 40.9 Å². The predicted molar refractivity (Wildman–Crippen MR) is 67.0 cm³/mol. The number of pyridine rings is 1. The summed E-state index contributed by atoms with van der Waals surface area (Å²) in [6.07, 6.45) is 3.01. The highest BCUT2D eigenvalue weighted by Gasteiger charge is 2.07. The Balaban J connectivity index is 2.10. The molecule has 2 rings (SSSR count). The average molecular weight is 247 g/mol. The van der Waals surface area contributed by atoms with E-state index in [1.54, 1.807) is 19.3 Å². The molecule has 0 fully saturated rings. The van der Waals surface area contributed by atoms with E-state index in [-0.39, 0.29) is 18.0 Å². The summed E-state index contributed by atoms with van der Waals surface area (Å²) in [6.45, 7) is -0.0882. The molecule has 1 amide bonds. The number of nitrogens with two attached hydrogens (primary N) is 1. The minimum atomic E-state index is -0.314. The molecule has 0 spiro atoms. The SMILES string of the molecule is Cn1nccc1NC(=O)Cn1cc(N)ccc1=O. The van der Waals surface area contributed by atoms with Crippen molar-refractivity contribution in [2.24, 2.45) is 7.05 Å². The standard InChI is InChI=1S/C11H13N5O2/c1-15-9(4-5-13-15)14-10(17)7-16-6-8(12)2-3-11(16)18/h2-6H,7,12H2,1H3,(H,14,17). The van der Waals surface area contributed by atoms with E-state index in [1.165, 1.54) is 27.6 Å². The molecule has 0 saturated carbocycles. The molecular weight excluding hydrogens is 234 g/mol. The normalized spacial score (nSPS) is 10.3. The van der Waals surface area contributed by atoms with Gasteiger partial charge < -0.3 is 15.6 Å². The molecule has 0 saturated heterocycles. The molecule has 0 aromatic carbocycles. The van der Waals surface area contributed by atoms with Gasteiger partial charge in [0.1, 0.15) is 12.4 Å². The Bertz CT molecular complexity index is 628. The lowest BCUT2D eigenvalue weighted by Gasteiger charge is -2.07. The van der Waals surface area contributed by atoms with Gasteiger partial charge in [0.05, 0.1) is 6.20 Å². The molecule has 0 atom stereocenters. The number of nitrogens with one attached hydrogen (secondary N) is 1. The van der Waals surface area contributed by atoms with E-state index in [0.29, 0.717) is 11.5 Å². The minimum absolute atomic E-state index is 0.0882. The summed E-state index contributed by atoms with van der Waals surface area (Å²) in [6, 6.07) is 4.49. The second kappa shape index (κ2) is 4.74. The van der Waals surface area contributed by atoms with Gasteiger partial charge in [-0.15, -0.1) is 0 Å². The molecule has 3 N–H and O–H groups in total. The van der Waals surface area contributed by atoms with Gasteiger partial charge in [-0.1, -0.05) is 0 Å². The maximum absolute atomic E-state index is 11.7. The number of aromatic nitrogens is 3. The summed E-state index contributed by atoms with van der Waals surface area (Å²) >= 11 is 0. The van der Waals surface area contributed by atoms with Crippen LogP contribution in [-0.4, -0.2) is 20.3 Å². The number of hydrogen-bond donors (Lipinski definition) is 2. The van der Waals surface area contributed by atoms with Crippen molar-refractivity contribution in [2.45, 2.75) is 6.54 Å². The van der Waals surface area contributed by atoms with Crippen molar-refractivity contribution >= 4 is 17.4 Å². The maximum Gasteiger partial charge on any atom is 0.251 e. The lowest BCUT2D eigenvalue weighted by Crippen LogP contribution is -2.27. The van der Waals surface area contributed by atoms with Crippen molar-refractivity contribution in [3.63, 3.8) is 0 Å². The highest BCUT2D eigenvalue weighted by atomic mass is 16.2. The molecular formula is C11H13N5O2. The quantitative estimate of drug-likeness (QED) is 0.785. The van der Waals surface area contributed by atoms with Gasteiger partial charge in [-0.2, -0.15) is 5.10 Å². The first-order valence-electron chi connectivity index (χ1n) is 5.30. The molecule has 18 heavy (non-hydrogen) atoms. The summed E-state index contributed by atoms with van der Waals surface area (Å²) < 4.78 is 2.78. The first-order chi connectivity index (χ1) is 8.56. The van der Waals surface area contributed by atoms with E-state index in [2.05, 4.69) is 10.4 Å². The van der Waals surface area contributed by atoms with Crippen LogP contribution in [-0.2, 0) is 18.4 Å².